The maximum Gasteiger partial charge on any atom is 0.411 e. The molecular weight excluding hydrogens is 301 g/mol. The Labute approximate surface area is 133 Å². The van der Waals surface area contributed by atoms with Crippen LogP contribution in [0.2, 0.25) is 0 Å². The minimum Gasteiger partial charge on any atom is -0.504 e. The number of carbonyl (C=O) groups is 1. The number of rotatable bonds is 5. The molecule has 5 nitrogen and oxygen atoms in total. The minimum atomic E-state index is -1.16. The third-order valence-corrected chi connectivity index (χ3v) is 3.43. The maximum atomic E-state index is 14.1. The zero-order chi connectivity index (χ0) is 17.0. The van der Waals surface area contributed by atoms with Crippen molar-refractivity contribution in [2.45, 2.75) is 20.3 Å². The number of aryl methyl sites for hydroxylation is 1. The van der Waals surface area contributed by atoms with Gasteiger partial charge in [0.25, 0.3) is 0 Å². The number of halogens is 1. The Bertz CT molecular complexity index is 718. The minimum absolute atomic E-state index is 0.0754. The third-order valence-electron chi connectivity index (χ3n) is 3.43. The summed E-state index contributed by atoms with van der Waals surface area (Å²) < 4.78 is 19.5. The predicted molar refractivity (Wildman–Crippen MR) is 85.0 cm³/mol. The summed E-state index contributed by atoms with van der Waals surface area (Å²) in [5.74, 6) is -0.733. The zero-order valence-corrected chi connectivity index (χ0v) is 12.9. The maximum absolute atomic E-state index is 14.1. The first-order chi connectivity index (χ1) is 11.0. The van der Waals surface area contributed by atoms with Crippen LogP contribution >= 0.6 is 0 Å². The van der Waals surface area contributed by atoms with E-state index >= 15 is 0 Å². The Kier molecular flexibility index (Phi) is 5.05. The molecule has 0 saturated carbocycles. The number of anilines is 1. The first-order valence-corrected chi connectivity index (χ1v) is 7.26. The molecule has 0 fully saturated rings. The molecule has 0 unspecified atom stereocenters. The average molecular weight is 319 g/mol. The van der Waals surface area contributed by atoms with Crippen molar-refractivity contribution in [3.05, 3.63) is 47.8 Å². The molecule has 23 heavy (non-hydrogen) atoms. The lowest BCUT2D eigenvalue weighted by atomic mass is 10.1. The Morgan fingerprint density at radius 1 is 1.17 bits per heavy atom. The molecule has 0 radical (unpaired) electrons. The average Bonchev–Trinajstić information content (AvgIpc) is 2.51. The van der Waals surface area contributed by atoms with Gasteiger partial charge in [-0.05, 0) is 43.2 Å². The number of benzene rings is 2. The van der Waals surface area contributed by atoms with Crippen LogP contribution < -0.4 is 9.64 Å². The Hall–Kier alpha value is -2.76. The van der Waals surface area contributed by atoms with Crippen molar-refractivity contribution in [3.8, 4) is 17.2 Å². The topological polar surface area (TPSA) is 70.0 Å². The Balaban J connectivity index is 2.26. The molecule has 0 heterocycles. The van der Waals surface area contributed by atoms with Gasteiger partial charge in [0.2, 0.25) is 0 Å². The number of phenolic OH excluding ortho intramolecular Hbond substituents is 1. The van der Waals surface area contributed by atoms with Crippen LogP contribution in [0.4, 0.5) is 14.9 Å². The highest BCUT2D eigenvalue weighted by atomic mass is 19.1. The van der Waals surface area contributed by atoms with Crippen LogP contribution in [0.5, 0.6) is 17.2 Å². The van der Waals surface area contributed by atoms with Crippen LogP contribution in [0.15, 0.2) is 36.4 Å². The van der Waals surface area contributed by atoms with E-state index < -0.39 is 11.9 Å². The van der Waals surface area contributed by atoms with E-state index in [0.717, 1.165) is 23.0 Å². The fourth-order valence-corrected chi connectivity index (χ4v) is 2.16. The van der Waals surface area contributed by atoms with Crippen molar-refractivity contribution in [1.29, 1.82) is 0 Å². The first-order valence-electron chi connectivity index (χ1n) is 7.26. The van der Waals surface area contributed by atoms with E-state index in [2.05, 4.69) is 0 Å². The van der Waals surface area contributed by atoms with Crippen molar-refractivity contribution in [2.75, 3.05) is 11.4 Å². The van der Waals surface area contributed by atoms with Gasteiger partial charge in [0.15, 0.2) is 23.1 Å². The fraction of sp³-hybridized carbons (Fsp3) is 0.235. The van der Waals surface area contributed by atoms with E-state index in [1.807, 2.05) is 6.92 Å². The van der Waals surface area contributed by atoms with Gasteiger partial charge in [-0.2, -0.15) is 0 Å². The van der Waals surface area contributed by atoms with E-state index in [1.54, 1.807) is 25.1 Å². The molecule has 0 aliphatic heterocycles. The molecule has 0 aromatic heterocycles. The highest BCUT2D eigenvalue weighted by Crippen LogP contribution is 2.34. The van der Waals surface area contributed by atoms with E-state index in [4.69, 9.17) is 9.84 Å². The number of aromatic hydroxyl groups is 1. The molecule has 0 bridgehead atoms. The molecule has 0 aliphatic carbocycles. The number of amides is 1. The second-order valence-electron chi connectivity index (χ2n) is 4.90. The van der Waals surface area contributed by atoms with Gasteiger partial charge < -0.3 is 14.9 Å². The lowest BCUT2D eigenvalue weighted by Gasteiger charge is -2.18. The van der Waals surface area contributed by atoms with Gasteiger partial charge in [0.1, 0.15) is 0 Å². The Morgan fingerprint density at radius 2 is 1.87 bits per heavy atom. The van der Waals surface area contributed by atoms with Crippen LogP contribution in [0.3, 0.4) is 0 Å². The van der Waals surface area contributed by atoms with Gasteiger partial charge in [-0.3, -0.25) is 4.90 Å². The highest BCUT2D eigenvalue weighted by molar-refractivity contribution is 5.86. The molecule has 0 spiro atoms. The van der Waals surface area contributed by atoms with E-state index in [0.29, 0.717) is 0 Å². The molecule has 122 valence electrons. The summed E-state index contributed by atoms with van der Waals surface area (Å²) in [6.07, 6.45) is -0.396. The summed E-state index contributed by atoms with van der Waals surface area (Å²) in [7, 11) is 0. The van der Waals surface area contributed by atoms with Gasteiger partial charge >= 0.3 is 6.09 Å². The van der Waals surface area contributed by atoms with Gasteiger partial charge in [0, 0.05) is 12.6 Å². The molecule has 0 aliphatic rings. The van der Waals surface area contributed by atoms with Crippen molar-refractivity contribution in [1.82, 2.24) is 0 Å². The second-order valence-corrected chi connectivity index (χ2v) is 4.90. The summed E-state index contributed by atoms with van der Waals surface area (Å²) in [6.45, 7) is 3.81. The molecule has 0 atom stereocenters. The van der Waals surface area contributed by atoms with Crippen LogP contribution in [0, 0.1) is 5.82 Å². The van der Waals surface area contributed by atoms with E-state index in [-0.39, 0.29) is 29.5 Å². The standard InChI is InChI=1S/C17H18FNO4/c1-3-11-5-7-16(14(20)9-11)23-15-8-6-12(10-13(15)18)19(4-2)17(21)22/h5-10,20H,3-4H2,1-2H3,(H,21,22). The summed E-state index contributed by atoms with van der Waals surface area (Å²) >= 11 is 0. The van der Waals surface area contributed by atoms with Crippen LogP contribution in [0.1, 0.15) is 19.4 Å². The summed E-state index contributed by atoms with van der Waals surface area (Å²) in [6, 6.07) is 8.79. The van der Waals surface area contributed by atoms with Gasteiger partial charge in [-0.15, -0.1) is 0 Å². The van der Waals surface area contributed by atoms with Gasteiger partial charge in [-0.25, -0.2) is 9.18 Å². The number of hydrogen-bond acceptors (Lipinski definition) is 3. The summed E-state index contributed by atoms with van der Waals surface area (Å²) in [5, 5.41) is 18.9. The number of carboxylic acid groups (broad SMARTS) is 1. The van der Waals surface area contributed by atoms with Crippen LogP contribution in [-0.2, 0) is 6.42 Å². The van der Waals surface area contributed by atoms with Crippen molar-refractivity contribution in [3.63, 3.8) is 0 Å². The molecule has 6 heteroatoms. The van der Waals surface area contributed by atoms with Gasteiger partial charge in [-0.1, -0.05) is 13.0 Å². The van der Waals surface area contributed by atoms with Crippen LogP contribution in [0.25, 0.3) is 0 Å². The molecule has 2 aromatic carbocycles. The predicted octanol–water partition coefficient (Wildman–Crippen LogP) is 4.39. The SMILES string of the molecule is CCc1ccc(Oc2ccc(N(CC)C(=O)O)cc2F)c(O)c1. The molecule has 2 aromatic rings. The molecule has 1 amide bonds. The van der Waals surface area contributed by atoms with Gasteiger partial charge in [0.05, 0.1) is 5.69 Å². The first kappa shape index (κ1) is 16.6. The number of nitrogens with zero attached hydrogens (tertiary/aromatic N) is 1. The smallest absolute Gasteiger partial charge is 0.411 e. The lowest BCUT2D eigenvalue weighted by Crippen LogP contribution is -2.28. The molecule has 0 saturated heterocycles. The van der Waals surface area contributed by atoms with Crippen molar-refractivity contribution < 1.29 is 24.1 Å². The van der Waals surface area contributed by atoms with E-state index in [9.17, 15) is 14.3 Å². The summed E-state index contributed by atoms with van der Waals surface area (Å²) in [5.41, 5.74) is 1.15. The monoisotopic (exact) mass is 319 g/mol. The Morgan fingerprint density at radius 3 is 2.39 bits per heavy atom. The van der Waals surface area contributed by atoms with Crippen molar-refractivity contribution >= 4 is 11.8 Å². The van der Waals surface area contributed by atoms with E-state index in [1.165, 1.54) is 12.1 Å². The normalized spacial score (nSPS) is 10.4. The molecular formula is C17H18FNO4. The third kappa shape index (κ3) is 3.71. The van der Waals surface area contributed by atoms with Crippen molar-refractivity contribution in [2.24, 2.45) is 0 Å². The molecule has 2 rings (SSSR count). The second kappa shape index (κ2) is 7.00. The zero-order valence-electron chi connectivity index (χ0n) is 12.9. The molecule has 2 N–H and O–H groups in total. The quantitative estimate of drug-likeness (QED) is 0.857. The number of hydrogen-bond donors (Lipinski definition) is 2. The highest BCUT2D eigenvalue weighted by Gasteiger charge is 2.15. The largest absolute Gasteiger partial charge is 0.504 e. The number of ether oxygens (including phenoxy) is 1. The summed E-state index contributed by atoms with van der Waals surface area (Å²) in [4.78, 5) is 12.1. The van der Waals surface area contributed by atoms with Crippen LogP contribution in [-0.4, -0.2) is 22.9 Å². The number of phenols is 1. The lowest BCUT2D eigenvalue weighted by molar-refractivity contribution is 0.202. The fourth-order valence-electron chi connectivity index (χ4n) is 2.16.